The summed E-state index contributed by atoms with van der Waals surface area (Å²) in [5.41, 5.74) is 6.26. The number of fused-ring (bicyclic) bond motifs is 2. The zero-order valence-corrected chi connectivity index (χ0v) is 9.10. The SMILES string of the molecule is Nc1cc(C(=O)N2CC3CCC2C3)ccn1. The van der Waals surface area contributed by atoms with Gasteiger partial charge in [-0.2, -0.15) is 0 Å². The van der Waals surface area contributed by atoms with Crippen LogP contribution in [0, 0.1) is 5.92 Å². The molecule has 16 heavy (non-hydrogen) atoms. The molecule has 1 aliphatic carbocycles. The van der Waals surface area contributed by atoms with Crippen LogP contribution in [0.15, 0.2) is 18.3 Å². The number of likely N-dealkylation sites (tertiary alicyclic amines) is 1. The average Bonchev–Trinajstić information content (AvgIpc) is 2.89. The molecule has 1 aromatic heterocycles. The van der Waals surface area contributed by atoms with Crippen molar-refractivity contribution in [3.63, 3.8) is 0 Å². The van der Waals surface area contributed by atoms with Crippen molar-refractivity contribution in [1.29, 1.82) is 0 Å². The molecule has 3 rings (SSSR count). The minimum atomic E-state index is 0.112. The summed E-state index contributed by atoms with van der Waals surface area (Å²) in [7, 11) is 0. The van der Waals surface area contributed by atoms with Crippen LogP contribution in [-0.4, -0.2) is 28.4 Å². The first-order chi connectivity index (χ1) is 7.74. The normalized spacial score (nSPS) is 27.4. The van der Waals surface area contributed by atoms with Gasteiger partial charge in [0.1, 0.15) is 5.82 Å². The van der Waals surface area contributed by atoms with Crippen LogP contribution in [0.4, 0.5) is 5.82 Å². The van der Waals surface area contributed by atoms with E-state index in [9.17, 15) is 4.79 Å². The fraction of sp³-hybridized carbons (Fsp3) is 0.500. The van der Waals surface area contributed by atoms with Gasteiger partial charge in [-0.25, -0.2) is 4.98 Å². The number of aromatic nitrogens is 1. The molecule has 1 saturated carbocycles. The van der Waals surface area contributed by atoms with E-state index in [1.807, 2.05) is 4.90 Å². The third kappa shape index (κ3) is 1.45. The van der Waals surface area contributed by atoms with Crippen LogP contribution in [0.25, 0.3) is 0 Å². The van der Waals surface area contributed by atoms with E-state index in [1.165, 1.54) is 12.8 Å². The van der Waals surface area contributed by atoms with Crippen LogP contribution in [-0.2, 0) is 0 Å². The Labute approximate surface area is 94.5 Å². The topological polar surface area (TPSA) is 59.2 Å². The third-order valence-electron chi connectivity index (χ3n) is 3.70. The lowest BCUT2D eigenvalue weighted by Gasteiger charge is -2.27. The molecule has 2 atom stereocenters. The lowest BCUT2D eigenvalue weighted by Crippen LogP contribution is -2.37. The molecule has 4 heteroatoms. The molecule has 1 aliphatic heterocycles. The summed E-state index contributed by atoms with van der Waals surface area (Å²) in [6.45, 7) is 0.922. The number of nitrogens with two attached hydrogens (primary N) is 1. The summed E-state index contributed by atoms with van der Waals surface area (Å²) in [5.74, 6) is 1.25. The molecule has 2 fully saturated rings. The maximum Gasteiger partial charge on any atom is 0.254 e. The number of carbonyl (C=O) groups excluding carboxylic acids is 1. The number of carbonyl (C=O) groups is 1. The van der Waals surface area contributed by atoms with Crippen molar-refractivity contribution in [1.82, 2.24) is 9.88 Å². The van der Waals surface area contributed by atoms with Crippen LogP contribution in [0.1, 0.15) is 29.6 Å². The van der Waals surface area contributed by atoms with E-state index >= 15 is 0 Å². The first kappa shape index (κ1) is 9.63. The van der Waals surface area contributed by atoms with Gasteiger partial charge in [0, 0.05) is 24.3 Å². The summed E-state index contributed by atoms with van der Waals surface area (Å²) in [6, 6.07) is 3.87. The van der Waals surface area contributed by atoms with Crippen molar-refractivity contribution in [3.8, 4) is 0 Å². The van der Waals surface area contributed by atoms with Gasteiger partial charge in [-0.05, 0) is 37.3 Å². The fourth-order valence-corrected chi connectivity index (χ4v) is 2.92. The van der Waals surface area contributed by atoms with E-state index in [0.29, 0.717) is 17.4 Å². The Kier molecular flexibility index (Phi) is 2.09. The standard InChI is InChI=1S/C12H15N3O/c13-11-6-9(3-4-14-11)12(16)15-7-8-1-2-10(15)5-8/h3-4,6,8,10H,1-2,5,7H2,(H2,13,14). The Balaban J connectivity index is 1.83. The number of pyridine rings is 1. The van der Waals surface area contributed by atoms with Gasteiger partial charge >= 0.3 is 0 Å². The lowest BCUT2D eigenvalue weighted by molar-refractivity contribution is 0.0703. The Morgan fingerprint density at radius 3 is 3.00 bits per heavy atom. The molecule has 0 radical (unpaired) electrons. The van der Waals surface area contributed by atoms with Crippen molar-refractivity contribution >= 4 is 11.7 Å². The van der Waals surface area contributed by atoms with E-state index in [0.717, 1.165) is 18.9 Å². The quantitative estimate of drug-likeness (QED) is 0.771. The van der Waals surface area contributed by atoms with E-state index in [2.05, 4.69) is 4.98 Å². The summed E-state index contributed by atoms with van der Waals surface area (Å²) in [4.78, 5) is 18.1. The number of rotatable bonds is 1. The second-order valence-corrected chi connectivity index (χ2v) is 4.76. The number of amides is 1. The molecule has 0 aromatic carbocycles. The number of nitrogen functional groups attached to an aromatic ring is 1. The second kappa shape index (κ2) is 3.47. The minimum absolute atomic E-state index is 0.112. The van der Waals surface area contributed by atoms with Crippen LogP contribution in [0.2, 0.25) is 0 Å². The molecule has 4 nitrogen and oxygen atoms in total. The predicted molar refractivity (Wildman–Crippen MR) is 60.8 cm³/mol. The van der Waals surface area contributed by atoms with E-state index in [1.54, 1.807) is 18.3 Å². The summed E-state index contributed by atoms with van der Waals surface area (Å²) in [6.07, 6.45) is 5.23. The van der Waals surface area contributed by atoms with Crippen molar-refractivity contribution in [2.24, 2.45) is 5.92 Å². The molecule has 2 bridgehead atoms. The Bertz CT molecular complexity index is 432. The first-order valence-corrected chi connectivity index (χ1v) is 5.76. The minimum Gasteiger partial charge on any atom is -0.384 e. The summed E-state index contributed by atoms with van der Waals surface area (Å²) in [5, 5.41) is 0. The van der Waals surface area contributed by atoms with Gasteiger partial charge in [-0.3, -0.25) is 4.79 Å². The number of nitrogens with zero attached hydrogens (tertiary/aromatic N) is 2. The molecule has 2 heterocycles. The molecule has 0 spiro atoms. The highest BCUT2D eigenvalue weighted by Crippen LogP contribution is 2.38. The van der Waals surface area contributed by atoms with Gasteiger partial charge in [0.25, 0.3) is 5.91 Å². The maximum atomic E-state index is 12.2. The van der Waals surface area contributed by atoms with Gasteiger partial charge in [0.15, 0.2) is 0 Å². The highest BCUT2D eigenvalue weighted by atomic mass is 16.2. The summed E-state index contributed by atoms with van der Waals surface area (Å²) >= 11 is 0. The van der Waals surface area contributed by atoms with Gasteiger partial charge < -0.3 is 10.6 Å². The smallest absolute Gasteiger partial charge is 0.254 e. The Morgan fingerprint density at radius 2 is 2.38 bits per heavy atom. The summed E-state index contributed by atoms with van der Waals surface area (Å²) < 4.78 is 0. The zero-order chi connectivity index (χ0) is 11.1. The van der Waals surface area contributed by atoms with Crippen LogP contribution in [0.5, 0.6) is 0 Å². The van der Waals surface area contributed by atoms with Crippen LogP contribution >= 0.6 is 0 Å². The first-order valence-electron chi connectivity index (χ1n) is 5.76. The van der Waals surface area contributed by atoms with Crippen molar-refractivity contribution in [2.75, 3.05) is 12.3 Å². The molecule has 2 N–H and O–H groups in total. The lowest BCUT2D eigenvalue weighted by atomic mass is 10.1. The molecular weight excluding hydrogens is 202 g/mol. The predicted octanol–water partition coefficient (Wildman–Crippen LogP) is 1.29. The zero-order valence-electron chi connectivity index (χ0n) is 9.10. The van der Waals surface area contributed by atoms with Gasteiger partial charge in [0.05, 0.1) is 0 Å². The largest absolute Gasteiger partial charge is 0.384 e. The molecule has 2 unspecified atom stereocenters. The monoisotopic (exact) mass is 217 g/mol. The number of hydrogen-bond donors (Lipinski definition) is 1. The van der Waals surface area contributed by atoms with E-state index in [4.69, 9.17) is 5.73 Å². The molecule has 1 amide bonds. The number of piperidine rings is 1. The third-order valence-corrected chi connectivity index (χ3v) is 3.70. The molecule has 84 valence electrons. The highest BCUT2D eigenvalue weighted by molar-refractivity contribution is 5.95. The van der Waals surface area contributed by atoms with E-state index in [-0.39, 0.29) is 5.91 Å². The number of hydrogen-bond acceptors (Lipinski definition) is 3. The molecule has 2 aliphatic rings. The highest BCUT2D eigenvalue weighted by Gasteiger charge is 2.40. The Morgan fingerprint density at radius 1 is 1.50 bits per heavy atom. The van der Waals surface area contributed by atoms with Crippen molar-refractivity contribution in [3.05, 3.63) is 23.9 Å². The number of anilines is 1. The van der Waals surface area contributed by atoms with Gasteiger partial charge in [0.2, 0.25) is 0 Å². The second-order valence-electron chi connectivity index (χ2n) is 4.76. The van der Waals surface area contributed by atoms with Crippen LogP contribution in [0.3, 0.4) is 0 Å². The average molecular weight is 217 g/mol. The van der Waals surface area contributed by atoms with Gasteiger partial charge in [-0.15, -0.1) is 0 Å². The van der Waals surface area contributed by atoms with Crippen molar-refractivity contribution < 1.29 is 4.79 Å². The maximum absolute atomic E-state index is 12.2. The van der Waals surface area contributed by atoms with E-state index < -0.39 is 0 Å². The Hall–Kier alpha value is -1.58. The fourth-order valence-electron chi connectivity index (χ4n) is 2.92. The van der Waals surface area contributed by atoms with Crippen LogP contribution < -0.4 is 5.73 Å². The molecule has 1 saturated heterocycles. The van der Waals surface area contributed by atoms with Crippen molar-refractivity contribution in [2.45, 2.75) is 25.3 Å². The molecular formula is C12H15N3O. The van der Waals surface area contributed by atoms with Gasteiger partial charge in [-0.1, -0.05) is 0 Å². The molecule has 1 aromatic rings.